The van der Waals surface area contributed by atoms with Crippen LogP contribution in [0, 0.1) is 0 Å². The first kappa shape index (κ1) is 19.9. The Balaban J connectivity index is 1.58. The van der Waals surface area contributed by atoms with Gasteiger partial charge >= 0.3 is 0 Å². The molecule has 0 saturated heterocycles. The van der Waals surface area contributed by atoms with Crippen molar-refractivity contribution in [3.05, 3.63) is 91.4 Å². The third-order valence-electron chi connectivity index (χ3n) is 5.05. The summed E-state index contributed by atoms with van der Waals surface area (Å²) in [4.78, 5) is 13.5. The zero-order valence-electron chi connectivity index (χ0n) is 17.2. The van der Waals surface area contributed by atoms with E-state index < -0.39 is 9.84 Å². The number of imidazole rings is 1. The van der Waals surface area contributed by atoms with Gasteiger partial charge in [0.2, 0.25) is 0 Å². The Hall–Kier alpha value is -4.04. The van der Waals surface area contributed by atoms with Gasteiger partial charge in [0, 0.05) is 28.9 Å². The minimum atomic E-state index is -3.28. The van der Waals surface area contributed by atoms with Gasteiger partial charge in [-0.1, -0.05) is 18.2 Å². The second kappa shape index (κ2) is 7.90. The smallest absolute Gasteiger partial charge is 0.175 e. The number of anilines is 2. The molecule has 7 nitrogen and oxygen atoms in total. The quantitative estimate of drug-likeness (QED) is 0.428. The van der Waals surface area contributed by atoms with Gasteiger partial charge in [-0.25, -0.2) is 23.4 Å². The molecule has 3 aromatic carbocycles. The van der Waals surface area contributed by atoms with Gasteiger partial charge in [0.1, 0.15) is 17.7 Å². The topological polar surface area (TPSA) is 89.8 Å². The van der Waals surface area contributed by atoms with E-state index in [1.165, 1.54) is 12.6 Å². The van der Waals surface area contributed by atoms with Gasteiger partial charge < -0.3 is 5.32 Å². The molecule has 2 aromatic heterocycles. The van der Waals surface area contributed by atoms with Crippen molar-refractivity contribution in [3.8, 4) is 17.1 Å². The maximum Gasteiger partial charge on any atom is 0.175 e. The van der Waals surface area contributed by atoms with Crippen LogP contribution in [-0.2, 0) is 9.84 Å². The van der Waals surface area contributed by atoms with Crippen molar-refractivity contribution in [2.75, 3.05) is 11.6 Å². The fourth-order valence-electron chi connectivity index (χ4n) is 3.50. The highest BCUT2D eigenvalue weighted by atomic mass is 32.2. The van der Waals surface area contributed by atoms with E-state index in [0.29, 0.717) is 17.0 Å². The Bertz CT molecular complexity index is 1490. The molecule has 0 amide bonds. The molecule has 0 fully saturated rings. The van der Waals surface area contributed by atoms with Gasteiger partial charge in [0.05, 0.1) is 11.1 Å². The predicted octanol–water partition coefficient (Wildman–Crippen LogP) is 4.63. The highest BCUT2D eigenvalue weighted by molar-refractivity contribution is 7.90. The summed E-state index contributed by atoms with van der Waals surface area (Å²) in [6, 6.07) is 24.6. The number of nitrogens with one attached hydrogen (secondary N) is 1. The zero-order valence-corrected chi connectivity index (χ0v) is 18.0. The van der Waals surface area contributed by atoms with Crippen LogP contribution in [0.15, 0.2) is 96.3 Å². The van der Waals surface area contributed by atoms with Crippen LogP contribution in [0.25, 0.3) is 28.2 Å². The van der Waals surface area contributed by atoms with E-state index in [1.54, 1.807) is 30.5 Å². The average Bonchev–Trinajstić information content (AvgIpc) is 3.19. The van der Waals surface area contributed by atoms with Crippen molar-refractivity contribution in [2.24, 2.45) is 0 Å². The second-order valence-corrected chi connectivity index (χ2v) is 9.35. The predicted molar refractivity (Wildman–Crippen MR) is 125 cm³/mol. The SMILES string of the molecule is CS(=O)(=O)c1ccc(-c2nc3cncnc3n2-c2ccc(Nc3ccccc3)cc2)cc1. The first-order chi connectivity index (χ1) is 15.5. The largest absolute Gasteiger partial charge is 0.356 e. The second-order valence-electron chi connectivity index (χ2n) is 7.34. The number of benzene rings is 3. The van der Waals surface area contributed by atoms with E-state index >= 15 is 0 Å². The van der Waals surface area contributed by atoms with Gasteiger partial charge in [-0.05, 0) is 60.7 Å². The lowest BCUT2D eigenvalue weighted by molar-refractivity contribution is 0.602. The van der Waals surface area contributed by atoms with Gasteiger partial charge in [0.15, 0.2) is 15.5 Å². The Morgan fingerprint density at radius 1 is 0.844 bits per heavy atom. The average molecular weight is 442 g/mol. The molecule has 0 unspecified atom stereocenters. The molecule has 0 spiro atoms. The summed E-state index contributed by atoms with van der Waals surface area (Å²) in [5, 5.41) is 3.37. The third kappa shape index (κ3) is 3.83. The summed E-state index contributed by atoms with van der Waals surface area (Å²) in [5.41, 5.74) is 4.95. The number of hydrogen-bond donors (Lipinski definition) is 1. The van der Waals surface area contributed by atoms with Crippen LogP contribution in [0.5, 0.6) is 0 Å². The molecule has 0 radical (unpaired) electrons. The van der Waals surface area contributed by atoms with E-state index in [0.717, 1.165) is 22.6 Å². The van der Waals surface area contributed by atoms with E-state index in [4.69, 9.17) is 4.98 Å². The van der Waals surface area contributed by atoms with E-state index in [9.17, 15) is 8.42 Å². The number of hydrogen-bond acceptors (Lipinski definition) is 6. The summed E-state index contributed by atoms with van der Waals surface area (Å²) in [6.07, 6.45) is 4.35. The standard InChI is InChI=1S/C24H19N5O2S/c1-32(30,31)21-13-7-17(8-14-21)23-28-22-15-25-16-26-24(22)29(23)20-11-9-19(10-12-20)27-18-5-3-2-4-6-18/h2-16,27H,1H3. The monoisotopic (exact) mass is 441 g/mol. The molecule has 0 aliphatic carbocycles. The molecule has 0 saturated carbocycles. The summed E-state index contributed by atoms with van der Waals surface area (Å²) < 4.78 is 25.6. The maximum absolute atomic E-state index is 11.8. The van der Waals surface area contributed by atoms with Gasteiger partial charge in [-0.15, -0.1) is 0 Å². The third-order valence-corrected chi connectivity index (χ3v) is 6.18. The number of nitrogens with zero attached hydrogens (tertiary/aromatic N) is 4. The minimum absolute atomic E-state index is 0.264. The molecule has 158 valence electrons. The van der Waals surface area contributed by atoms with Crippen LogP contribution < -0.4 is 5.32 Å². The van der Waals surface area contributed by atoms with Crippen molar-refractivity contribution in [3.63, 3.8) is 0 Å². The van der Waals surface area contributed by atoms with Gasteiger partial charge in [-0.2, -0.15) is 0 Å². The van der Waals surface area contributed by atoms with Crippen LogP contribution in [-0.4, -0.2) is 34.2 Å². The van der Waals surface area contributed by atoms with Crippen molar-refractivity contribution in [1.29, 1.82) is 0 Å². The minimum Gasteiger partial charge on any atom is -0.356 e. The normalized spacial score (nSPS) is 11.5. The van der Waals surface area contributed by atoms with Gasteiger partial charge in [0.25, 0.3) is 0 Å². The Morgan fingerprint density at radius 3 is 2.22 bits per heavy atom. The van der Waals surface area contributed by atoms with Crippen LogP contribution >= 0.6 is 0 Å². The first-order valence-electron chi connectivity index (χ1n) is 9.90. The molecule has 0 aliphatic rings. The molecule has 0 bridgehead atoms. The first-order valence-corrected chi connectivity index (χ1v) is 11.8. The molecule has 2 heterocycles. The molecule has 0 aliphatic heterocycles. The van der Waals surface area contributed by atoms with Crippen LogP contribution in [0.3, 0.4) is 0 Å². The summed E-state index contributed by atoms with van der Waals surface area (Å²) in [6.45, 7) is 0. The molecular formula is C24H19N5O2S. The molecule has 1 N–H and O–H groups in total. The van der Waals surface area contributed by atoms with Crippen LogP contribution in [0.4, 0.5) is 11.4 Å². The lowest BCUT2D eigenvalue weighted by Crippen LogP contribution is -2.00. The highest BCUT2D eigenvalue weighted by Gasteiger charge is 2.16. The molecule has 0 atom stereocenters. The fraction of sp³-hybridized carbons (Fsp3) is 0.0417. The van der Waals surface area contributed by atoms with Crippen LogP contribution in [0.2, 0.25) is 0 Å². The van der Waals surface area contributed by atoms with Crippen molar-refractivity contribution in [1.82, 2.24) is 19.5 Å². The number of aromatic nitrogens is 4. The molecule has 5 rings (SSSR count). The lowest BCUT2D eigenvalue weighted by atomic mass is 10.2. The van der Waals surface area contributed by atoms with Crippen LogP contribution in [0.1, 0.15) is 0 Å². The van der Waals surface area contributed by atoms with Gasteiger partial charge in [-0.3, -0.25) is 4.57 Å². The Morgan fingerprint density at radius 2 is 1.53 bits per heavy atom. The van der Waals surface area contributed by atoms with Crippen molar-refractivity contribution < 1.29 is 8.42 Å². The lowest BCUT2D eigenvalue weighted by Gasteiger charge is -2.11. The zero-order chi connectivity index (χ0) is 22.1. The Kier molecular flexibility index (Phi) is 4.91. The maximum atomic E-state index is 11.8. The molecule has 5 aromatic rings. The molecule has 8 heteroatoms. The number of fused-ring (bicyclic) bond motifs is 1. The fourth-order valence-corrected chi connectivity index (χ4v) is 4.13. The summed E-state index contributed by atoms with van der Waals surface area (Å²) >= 11 is 0. The molecule has 32 heavy (non-hydrogen) atoms. The molecular weight excluding hydrogens is 422 g/mol. The summed E-state index contributed by atoms with van der Waals surface area (Å²) in [7, 11) is -3.28. The van der Waals surface area contributed by atoms with E-state index in [1.807, 2.05) is 59.2 Å². The van der Waals surface area contributed by atoms with E-state index in [2.05, 4.69) is 15.3 Å². The number of para-hydroxylation sites is 1. The highest BCUT2D eigenvalue weighted by Crippen LogP contribution is 2.29. The number of rotatable bonds is 5. The van der Waals surface area contributed by atoms with Crippen molar-refractivity contribution >= 4 is 32.4 Å². The van der Waals surface area contributed by atoms with E-state index in [-0.39, 0.29) is 4.90 Å². The summed E-state index contributed by atoms with van der Waals surface area (Å²) in [5.74, 6) is 0.657. The Labute approximate surface area is 185 Å². The van der Waals surface area contributed by atoms with Crippen molar-refractivity contribution in [2.45, 2.75) is 4.90 Å². The number of sulfone groups is 1.